The molecule has 3 N–H and O–H groups in total. The van der Waals surface area contributed by atoms with E-state index in [0.29, 0.717) is 13.0 Å². The molecule has 8 heteroatoms. The monoisotopic (exact) mass is 303 g/mol. The van der Waals surface area contributed by atoms with Crippen molar-refractivity contribution in [2.24, 2.45) is 0 Å². The van der Waals surface area contributed by atoms with Crippen LogP contribution in [-0.4, -0.2) is 44.6 Å². The van der Waals surface area contributed by atoms with Crippen molar-refractivity contribution in [1.29, 1.82) is 0 Å². The SMILES string of the molecule is O=C1c2ccccc2C2(O)C([N+](=O)[O-])=C3NCCCN3C12O. The summed E-state index contributed by atoms with van der Waals surface area (Å²) in [5.41, 5.74) is -5.15. The van der Waals surface area contributed by atoms with Gasteiger partial charge in [-0.25, -0.2) is 0 Å². The van der Waals surface area contributed by atoms with Gasteiger partial charge >= 0.3 is 5.70 Å². The van der Waals surface area contributed by atoms with E-state index in [4.69, 9.17) is 0 Å². The summed E-state index contributed by atoms with van der Waals surface area (Å²) in [6, 6.07) is 6.06. The maximum atomic E-state index is 12.7. The predicted octanol–water partition coefficient (Wildman–Crippen LogP) is -0.486. The molecule has 0 bridgehead atoms. The largest absolute Gasteiger partial charge is 0.370 e. The van der Waals surface area contributed by atoms with Crippen LogP contribution in [0.1, 0.15) is 22.3 Å². The molecule has 1 aromatic rings. The van der Waals surface area contributed by atoms with Crippen LogP contribution in [0.3, 0.4) is 0 Å². The smallest absolute Gasteiger partial charge is 0.327 e. The molecule has 1 saturated heterocycles. The third kappa shape index (κ3) is 1.15. The van der Waals surface area contributed by atoms with Crippen LogP contribution in [0.25, 0.3) is 0 Å². The molecular formula is C14H13N3O5. The zero-order chi connectivity index (χ0) is 15.7. The van der Waals surface area contributed by atoms with Gasteiger partial charge in [0.1, 0.15) is 0 Å². The van der Waals surface area contributed by atoms with Crippen LogP contribution in [0, 0.1) is 10.1 Å². The number of rotatable bonds is 1. The molecule has 8 nitrogen and oxygen atoms in total. The number of nitrogens with zero attached hydrogens (tertiary/aromatic N) is 2. The molecule has 2 unspecified atom stereocenters. The van der Waals surface area contributed by atoms with Crippen LogP contribution in [0.15, 0.2) is 35.8 Å². The van der Waals surface area contributed by atoms with Gasteiger partial charge in [0, 0.05) is 24.2 Å². The van der Waals surface area contributed by atoms with Gasteiger partial charge in [-0.3, -0.25) is 14.9 Å². The topological polar surface area (TPSA) is 116 Å². The maximum absolute atomic E-state index is 12.7. The standard InChI is InChI=1S/C14H13N3O5/c18-11-8-4-1-2-5-9(8)13(19)10(17(21)22)12-15-6-3-7-16(12)14(11,13)20/h1-2,4-5,15,19-20H,3,6-7H2. The molecule has 2 heterocycles. The second kappa shape index (κ2) is 3.84. The van der Waals surface area contributed by atoms with Gasteiger partial charge in [-0.05, 0) is 6.42 Å². The Morgan fingerprint density at radius 2 is 2.05 bits per heavy atom. The summed E-state index contributed by atoms with van der Waals surface area (Å²) in [6.45, 7) is 0.726. The van der Waals surface area contributed by atoms with E-state index in [-0.39, 0.29) is 23.5 Å². The van der Waals surface area contributed by atoms with Crippen molar-refractivity contribution in [2.75, 3.05) is 13.1 Å². The lowest BCUT2D eigenvalue weighted by atomic mass is 9.88. The molecule has 1 aromatic carbocycles. The number of carbonyl (C=O) groups is 1. The van der Waals surface area contributed by atoms with Crippen molar-refractivity contribution in [1.82, 2.24) is 10.2 Å². The van der Waals surface area contributed by atoms with Crippen molar-refractivity contribution in [2.45, 2.75) is 17.7 Å². The summed E-state index contributed by atoms with van der Waals surface area (Å²) in [7, 11) is 0. The first-order valence-electron chi connectivity index (χ1n) is 6.93. The summed E-state index contributed by atoms with van der Waals surface area (Å²) in [5.74, 6) is -0.701. The number of carbonyl (C=O) groups excluding carboxylic acids is 1. The van der Waals surface area contributed by atoms with Gasteiger partial charge in [-0.1, -0.05) is 24.3 Å². The third-order valence-corrected chi connectivity index (χ3v) is 4.64. The average Bonchev–Trinajstić information content (AvgIpc) is 2.83. The number of ketones is 1. The van der Waals surface area contributed by atoms with Gasteiger partial charge in [0.05, 0.1) is 4.92 Å². The van der Waals surface area contributed by atoms with Crippen LogP contribution in [-0.2, 0) is 5.60 Å². The fraction of sp³-hybridized carbons (Fsp3) is 0.357. The minimum atomic E-state index is -2.38. The van der Waals surface area contributed by atoms with E-state index in [1.54, 1.807) is 12.1 Å². The Morgan fingerprint density at radius 1 is 1.32 bits per heavy atom. The van der Waals surface area contributed by atoms with E-state index in [0.717, 1.165) is 0 Å². The first-order chi connectivity index (χ1) is 10.4. The van der Waals surface area contributed by atoms with Gasteiger partial charge in [0.2, 0.25) is 17.1 Å². The van der Waals surface area contributed by atoms with E-state index in [9.17, 15) is 25.1 Å². The highest BCUT2D eigenvalue weighted by atomic mass is 16.6. The Balaban J connectivity index is 2.08. The lowest BCUT2D eigenvalue weighted by Crippen LogP contribution is -2.61. The zero-order valence-corrected chi connectivity index (χ0v) is 11.4. The number of fused-ring (bicyclic) bond motifs is 5. The highest BCUT2D eigenvalue weighted by Gasteiger charge is 2.77. The predicted molar refractivity (Wildman–Crippen MR) is 73.0 cm³/mol. The molecule has 0 spiro atoms. The first-order valence-corrected chi connectivity index (χ1v) is 6.93. The highest BCUT2D eigenvalue weighted by Crippen LogP contribution is 2.56. The third-order valence-electron chi connectivity index (χ3n) is 4.64. The number of hydrogen-bond donors (Lipinski definition) is 3. The van der Waals surface area contributed by atoms with Crippen LogP contribution < -0.4 is 5.32 Å². The maximum Gasteiger partial charge on any atom is 0.327 e. The molecule has 0 saturated carbocycles. The Bertz CT molecular complexity index is 761. The molecule has 0 amide bonds. The molecule has 0 aromatic heterocycles. The van der Waals surface area contributed by atoms with Gasteiger partial charge in [-0.2, -0.15) is 0 Å². The first kappa shape index (κ1) is 13.2. The normalized spacial score (nSPS) is 32.5. The zero-order valence-electron chi connectivity index (χ0n) is 11.4. The van der Waals surface area contributed by atoms with Crippen LogP contribution >= 0.6 is 0 Å². The Kier molecular flexibility index (Phi) is 2.31. The quantitative estimate of drug-likeness (QED) is 0.473. The molecule has 4 rings (SSSR count). The van der Waals surface area contributed by atoms with Gasteiger partial charge in [0.25, 0.3) is 0 Å². The van der Waals surface area contributed by atoms with E-state index in [2.05, 4.69) is 5.32 Å². The number of Topliss-reactive ketones (excluding diaryl/α,β-unsaturated/α-hetero) is 1. The van der Waals surface area contributed by atoms with Crippen molar-refractivity contribution < 1.29 is 19.9 Å². The number of nitro groups is 1. The van der Waals surface area contributed by atoms with Crippen molar-refractivity contribution in [3.8, 4) is 0 Å². The fourth-order valence-electron chi connectivity index (χ4n) is 3.72. The highest BCUT2D eigenvalue weighted by molar-refractivity contribution is 6.09. The fourth-order valence-corrected chi connectivity index (χ4v) is 3.72. The molecule has 1 aliphatic carbocycles. The summed E-state index contributed by atoms with van der Waals surface area (Å²) >= 11 is 0. The van der Waals surface area contributed by atoms with Crippen LogP contribution in [0.4, 0.5) is 0 Å². The summed E-state index contributed by atoms with van der Waals surface area (Å²) in [5, 5.41) is 36.6. The van der Waals surface area contributed by atoms with Crippen molar-refractivity contribution in [3.05, 3.63) is 57.0 Å². The Labute approximate surface area is 124 Å². The van der Waals surface area contributed by atoms with E-state index in [1.165, 1.54) is 17.0 Å². The average molecular weight is 303 g/mol. The molecule has 3 aliphatic rings. The van der Waals surface area contributed by atoms with Gasteiger partial charge < -0.3 is 20.4 Å². The molecule has 1 fully saturated rings. The number of hydrogen-bond acceptors (Lipinski definition) is 7. The van der Waals surface area contributed by atoms with Crippen LogP contribution in [0.5, 0.6) is 0 Å². The summed E-state index contributed by atoms with van der Waals surface area (Å²) < 4.78 is 0. The molecule has 0 radical (unpaired) electrons. The Morgan fingerprint density at radius 3 is 2.77 bits per heavy atom. The van der Waals surface area contributed by atoms with Crippen molar-refractivity contribution >= 4 is 5.78 Å². The molecule has 2 aliphatic heterocycles. The minimum absolute atomic E-state index is 0.0177. The molecular weight excluding hydrogens is 290 g/mol. The number of nitrogens with one attached hydrogen (secondary N) is 1. The van der Waals surface area contributed by atoms with E-state index in [1.807, 2.05) is 0 Å². The van der Waals surface area contributed by atoms with Crippen molar-refractivity contribution in [3.63, 3.8) is 0 Å². The summed E-state index contributed by atoms with van der Waals surface area (Å²) in [4.78, 5) is 24.8. The number of aliphatic hydroxyl groups is 2. The molecule has 22 heavy (non-hydrogen) atoms. The van der Waals surface area contributed by atoms with E-state index < -0.39 is 27.7 Å². The number of benzene rings is 1. The molecule has 114 valence electrons. The summed E-state index contributed by atoms with van der Waals surface area (Å²) in [6.07, 6.45) is 0.594. The lowest BCUT2D eigenvalue weighted by molar-refractivity contribution is -0.449. The lowest BCUT2D eigenvalue weighted by Gasteiger charge is -2.39. The second-order valence-electron chi connectivity index (χ2n) is 5.64. The van der Waals surface area contributed by atoms with Crippen LogP contribution in [0.2, 0.25) is 0 Å². The van der Waals surface area contributed by atoms with Gasteiger partial charge in [-0.15, -0.1) is 0 Å². The van der Waals surface area contributed by atoms with Gasteiger partial charge in [0.15, 0.2) is 5.82 Å². The second-order valence-corrected chi connectivity index (χ2v) is 5.64. The molecule has 2 atom stereocenters. The minimum Gasteiger partial charge on any atom is -0.370 e. The van der Waals surface area contributed by atoms with E-state index >= 15 is 0 Å². The Hall–Kier alpha value is -2.45.